The highest BCUT2D eigenvalue weighted by molar-refractivity contribution is 7.13. The second-order valence-corrected chi connectivity index (χ2v) is 9.83. The molecule has 3 aromatic rings. The van der Waals surface area contributed by atoms with Gasteiger partial charge < -0.3 is 19.8 Å². The molecule has 3 atom stereocenters. The predicted octanol–water partition coefficient (Wildman–Crippen LogP) is 2.83. The topological polar surface area (TPSA) is 121 Å². The maximum absolute atomic E-state index is 13.4. The van der Waals surface area contributed by atoms with E-state index in [1.165, 1.54) is 4.90 Å². The van der Waals surface area contributed by atoms with Gasteiger partial charge in [-0.1, -0.05) is 43.3 Å². The number of β-amino-alcohol motifs (C(OH)–C–C–N with tert-alkyl or cyclic N) is 1. The van der Waals surface area contributed by atoms with Gasteiger partial charge in [0.1, 0.15) is 12.0 Å². The Bertz CT molecular complexity index is 1160. The van der Waals surface area contributed by atoms with Crippen molar-refractivity contribution in [2.45, 2.75) is 58.7 Å². The van der Waals surface area contributed by atoms with Gasteiger partial charge in [-0.25, -0.2) is 4.98 Å². The number of carbonyl (C=O) groups is 2. The quantitative estimate of drug-likeness (QED) is 0.530. The first-order chi connectivity index (χ1) is 16.2. The number of thiazole rings is 1. The zero-order chi connectivity index (χ0) is 24.4. The lowest BCUT2D eigenvalue weighted by Crippen LogP contribution is -2.48. The van der Waals surface area contributed by atoms with Crippen molar-refractivity contribution in [1.29, 1.82) is 0 Å². The molecule has 180 valence electrons. The first kappa shape index (κ1) is 24.0. The number of amides is 2. The van der Waals surface area contributed by atoms with E-state index in [2.05, 4.69) is 20.4 Å². The van der Waals surface area contributed by atoms with Crippen LogP contribution in [0.4, 0.5) is 0 Å². The number of rotatable bonds is 7. The molecule has 1 aliphatic rings. The predicted molar refractivity (Wildman–Crippen MR) is 127 cm³/mol. The van der Waals surface area contributed by atoms with Crippen molar-refractivity contribution >= 4 is 23.2 Å². The maximum Gasteiger partial charge on any atom is 0.243 e. The van der Waals surface area contributed by atoms with Crippen LogP contribution in [0.25, 0.3) is 10.4 Å². The maximum atomic E-state index is 13.4. The second-order valence-electron chi connectivity index (χ2n) is 8.98. The van der Waals surface area contributed by atoms with Crippen LogP contribution in [0.15, 0.2) is 34.3 Å². The number of aryl methyl sites for hydroxylation is 2. The third-order valence-electron chi connectivity index (χ3n) is 6.04. The molecule has 1 aromatic carbocycles. The van der Waals surface area contributed by atoms with E-state index in [-0.39, 0.29) is 36.6 Å². The van der Waals surface area contributed by atoms with Crippen molar-refractivity contribution in [2.24, 2.45) is 5.92 Å². The standard InChI is InChI=1S/C24H29N5O4S/c1-13(2)20(23-27-15(4)28-33-23)24(32)29-11-18(30)9-19(29)22(31)25-10-16-5-7-17(8-6-16)21-14(3)26-12-34-21/h5-8,12-13,18-20,30H,9-11H2,1-4H3,(H,25,31)/t18-,19+,20-/m1/s1. The Morgan fingerprint density at radius 2 is 2.00 bits per heavy atom. The molecular formula is C24H29N5O4S. The van der Waals surface area contributed by atoms with E-state index in [1.807, 2.05) is 50.5 Å². The zero-order valence-electron chi connectivity index (χ0n) is 19.7. The van der Waals surface area contributed by atoms with Crippen molar-refractivity contribution in [3.8, 4) is 10.4 Å². The molecule has 2 amide bonds. The Balaban J connectivity index is 1.43. The van der Waals surface area contributed by atoms with Crippen LogP contribution in [0, 0.1) is 19.8 Å². The third-order valence-corrected chi connectivity index (χ3v) is 7.01. The zero-order valence-corrected chi connectivity index (χ0v) is 20.5. The molecular weight excluding hydrogens is 454 g/mol. The smallest absolute Gasteiger partial charge is 0.243 e. The normalized spacial score (nSPS) is 18.9. The molecule has 1 fully saturated rings. The van der Waals surface area contributed by atoms with Gasteiger partial charge in [-0.3, -0.25) is 9.59 Å². The summed E-state index contributed by atoms with van der Waals surface area (Å²) < 4.78 is 5.27. The minimum Gasteiger partial charge on any atom is -0.391 e. The van der Waals surface area contributed by atoms with Crippen molar-refractivity contribution in [3.63, 3.8) is 0 Å². The van der Waals surface area contributed by atoms with Crippen LogP contribution in [0.3, 0.4) is 0 Å². The minimum absolute atomic E-state index is 0.0934. The van der Waals surface area contributed by atoms with Gasteiger partial charge in [-0.05, 0) is 30.9 Å². The van der Waals surface area contributed by atoms with Gasteiger partial charge in [0.2, 0.25) is 17.7 Å². The molecule has 0 unspecified atom stereocenters. The fourth-order valence-corrected chi connectivity index (χ4v) is 5.07. The molecule has 1 saturated heterocycles. The molecule has 1 aliphatic heterocycles. The summed E-state index contributed by atoms with van der Waals surface area (Å²) in [4.78, 5) is 37.5. The Morgan fingerprint density at radius 3 is 2.59 bits per heavy atom. The number of aliphatic hydroxyl groups is 1. The van der Waals surface area contributed by atoms with Gasteiger partial charge in [0.05, 0.1) is 22.2 Å². The van der Waals surface area contributed by atoms with Gasteiger partial charge >= 0.3 is 0 Å². The molecule has 2 N–H and O–H groups in total. The molecule has 2 aromatic heterocycles. The lowest BCUT2D eigenvalue weighted by molar-refractivity contribution is -0.141. The third kappa shape index (κ3) is 5.02. The number of nitrogens with zero attached hydrogens (tertiary/aromatic N) is 4. The van der Waals surface area contributed by atoms with E-state index in [1.54, 1.807) is 18.3 Å². The van der Waals surface area contributed by atoms with E-state index >= 15 is 0 Å². The number of aromatic nitrogens is 3. The van der Waals surface area contributed by atoms with Crippen LogP contribution in [-0.2, 0) is 16.1 Å². The van der Waals surface area contributed by atoms with Gasteiger partial charge in [0.25, 0.3) is 0 Å². The Labute approximate surface area is 202 Å². The highest BCUT2D eigenvalue weighted by Crippen LogP contribution is 2.30. The number of carbonyl (C=O) groups excluding carboxylic acids is 2. The monoisotopic (exact) mass is 483 g/mol. The Hall–Kier alpha value is -3.11. The lowest BCUT2D eigenvalue weighted by atomic mass is 9.93. The molecule has 4 rings (SSSR count). The number of nitrogens with one attached hydrogen (secondary N) is 1. The molecule has 0 bridgehead atoms. The second kappa shape index (κ2) is 10.0. The van der Waals surface area contributed by atoms with Gasteiger partial charge in [-0.15, -0.1) is 11.3 Å². The van der Waals surface area contributed by atoms with Gasteiger partial charge in [0, 0.05) is 19.5 Å². The summed E-state index contributed by atoms with van der Waals surface area (Å²) in [6, 6.07) is 7.20. The Morgan fingerprint density at radius 1 is 1.26 bits per heavy atom. The molecule has 0 radical (unpaired) electrons. The summed E-state index contributed by atoms with van der Waals surface area (Å²) in [5.74, 6) is -0.704. The summed E-state index contributed by atoms with van der Waals surface area (Å²) in [5.41, 5.74) is 4.84. The number of likely N-dealkylation sites (tertiary alicyclic amines) is 1. The van der Waals surface area contributed by atoms with E-state index in [4.69, 9.17) is 4.52 Å². The van der Waals surface area contributed by atoms with E-state index < -0.39 is 18.1 Å². The number of benzene rings is 1. The van der Waals surface area contributed by atoms with Crippen LogP contribution >= 0.6 is 11.3 Å². The van der Waals surface area contributed by atoms with Crippen LogP contribution in [0.5, 0.6) is 0 Å². The van der Waals surface area contributed by atoms with Crippen LogP contribution in [0.2, 0.25) is 0 Å². The first-order valence-corrected chi connectivity index (χ1v) is 12.2. The molecule has 3 heterocycles. The molecule has 34 heavy (non-hydrogen) atoms. The molecule has 0 aliphatic carbocycles. The summed E-state index contributed by atoms with van der Waals surface area (Å²) >= 11 is 1.59. The van der Waals surface area contributed by atoms with Crippen LogP contribution in [-0.4, -0.2) is 55.6 Å². The van der Waals surface area contributed by atoms with Crippen molar-refractivity contribution in [1.82, 2.24) is 25.3 Å². The average Bonchev–Trinajstić information content (AvgIpc) is 3.52. The summed E-state index contributed by atoms with van der Waals surface area (Å²) in [7, 11) is 0. The number of aliphatic hydroxyl groups excluding tert-OH is 1. The van der Waals surface area contributed by atoms with Crippen molar-refractivity contribution in [2.75, 3.05) is 6.54 Å². The van der Waals surface area contributed by atoms with Crippen LogP contribution in [0.1, 0.15) is 49.2 Å². The van der Waals surface area contributed by atoms with Gasteiger partial charge in [0.15, 0.2) is 5.82 Å². The fourth-order valence-electron chi connectivity index (χ4n) is 4.26. The molecule has 10 heteroatoms. The van der Waals surface area contributed by atoms with Gasteiger partial charge in [-0.2, -0.15) is 4.98 Å². The fraction of sp³-hybridized carbons (Fsp3) is 0.458. The SMILES string of the molecule is Cc1noc([C@H](C(=O)N2C[C@H](O)C[C@H]2C(=O)NCc2ccc(-c3scnc3C)cc2)C(C)C)n1. The first-order valence-electron chi connectivity index (χ1n) is 11.3. The largest absolute Gasteiger partial charge is 0.391 e. The van der Waals surface area contributed by atoms with Crippen molar-refractivity contribution in [3.05, 3.63) is 52.7 Å². The van der Waals surface area contributed by atoms with E-state index in [0.29, 0.717) is 12.4 Å². The average molecular weight is 484 g/mol. The Kier molecular flexibility index (Phi) is 7.08. The van der Waals surface area contributed by atoms with E-state index in [0.717, 1.165) is 21.7 Å². The van der Waals surface area contributed by atoms with E-state index in [9.17, 15) is 14.7 Å². The molecule has 0 spiro atoms. The summed E-state index contributed by atoms with van der Waals surface area (Å²) in [6.07, 6.45) is -0.576. The number of hydrogen-bond donors (Lipinski definition) is 2. The highest BCUT2D eigenvalue weighted by atomic mass is 32.1. The summed E-state index contributed by atoms with van der Waals surface area (Å²) in [5, 5.41) is 17.0. The van der Waals surface area contributed by atoms with Crippen LogP contribution < -0.4 is 5.32 Å². The summed E-state index contributed by atoms with van der Waals surface area (Å²) in [6.45, 7) is 7.87. The highest BCUT2D eigenvalue weighted by Gasteiger charge is 2.43. The molecule has 9 nitrogen and oxygen atoms in total. The van der Waals surface area contributed by atoms with Crippen molar-refractivity contribution < 1.29 is 19.2 Å². The lowest BCUT2D eigenvalue weighted by Gasteiger charge is -2.28. The molecule has 0 saturated carbocycles. The number of hydrogen-bond acceptors (Lipinski definition) is 8. The minimum atomic E-state index is -0.765.